The van der Waals surface area contributed by atoms with Gasteiger partial charge in [0.2, 0.25) is 0 Å². The Morgan fingerprint density at radius 2 is 1.95 bits per heavy atom. The molecule has 5 heteroatoms. The van der Waals surface area contributed by atoms with Crippen molar-refractivity contribution in [3.05, 3.63) is 47.9 Å². The molecule has 1 heterocycles. The molecule has 0 unspecified atom stereocenters. The van der Waals surface area contributed by atoms with E-state index in [1.165, 1.54) is 0 Å². The van der Waals surface area contributed by atoms with Crippen molar-refractivity contribution >= 4 is 5.84 Å². The van der Waals surface area contributed by atoms with Gasteiger partial charge in [0.25, 0.3) is 0 Å². The van der Waals surface area contributed by atoms with Crippen molar-refractivity contribution < 1.29 is 5.21 Å². The van der Waals surface area contributed by atoms with Crippen LogP contribution in [0.25, 0.3) is 11.3 Å². The summed E-state index contributed by atoms with van der Waals surface area (Å²) in [6, 6.07) is 11.6. The Morgan fingerprint density at radius 1 is 1.21 bits per heavy atom. The monoisotopic (exact) mass is 254 g/mol. The second kappa shape index (κ2) is 4.68. The average molecular weight is 254 g/mol. The minimum atomic E-state index is 0.0153. The number of aromatic nitrogens is 2. The average Bonchev–Trinajstić information content (AvgIpc) is 3.31. The first-order chi connectivity index (χ1) is 9.28. The molecule has 1 aromatic carbocycles. The number of oxime groups is 1. The van der Waals surface area contributed by atoms with Gasteiger partial charge < -0.3 is 10.9 Å². The van der Waals surface area contributed by atoms with E-state index < -0.39 is 0 Å². The Balaban J connectivity index is 2.11. The summed E-state index contributed by atoms with van der Waals surface area (Å²) >= 11 is 0. The fourth-order valence-corrected chi connectivity index (χ4v) is 1.93. The molecule has 1 aromatic heterocycles. The molecule has 3 rings (SSSR count). The van der Waals surface area contributed by atoms with Crippen LogP contribution in [0.5, 0.6) is 0 Å². The summed E-state index contributed by atoms with van der Waals surface area (Å²) < 4.78 is 0. The molecular weight excluding hydrogens is 240 g/mol. The zero-order chi connectivity index (χ0) is 13.2. The SMILES string of the molecule is NC(=NO)c1cc(-c2ccccc2)nc(C2CC2)n1. The van der Waals surface area contributed by atoms with Crippen molar-refractivity contribution in [3.63, 3.8) is 0 Å². The first-order valence-electron chi connectivity index (χ1n) is 6.20. The maximum Gasteiger partial charge on any atom is 0.188 e. The van der Waals surface area contributed by atoms with Gasteiger partial charge in [-0.05, 0) is 18.9 Å². The highest BCUT2D eigenvalue weighted by Gasteiger charge is 2.27. The van der Waals surface area contributed by atoms with Crippen LogP contribution in [0, 0.1) is 0 Å². The molecule has 3 N–H and O–H groups in total. The van der Waals surface area contributed by atoms with Gasteiger partial charge in [-0.15, -0.1) is 0 Å². The van der Waals surface area contributed by atoms with E-state index in [4.69, 9.17) is 10.9 Å². The highest BCUT2D eigenvalue weighted by molar-refractivity contribution is 5.96. The molecule has 0 radical (unpaired) electrons. The molecule has 0 spiro atoms. The van der Waals surface area contributed by atoms with Gasteiger partial charge in [-0.1, -0.05) is 35.5 Å². The summed E-state index contributed by atoms with van der Waals surface area (Å²) in [6.45, 7) is 0. The van der Waals surface area contributed by atoms with Crippen LogP contribution in [0.15, 0.2) is 41.6 Å². The highest BCUT2D eigenvalue weighted by Crippen LogP contribution is 2.38. The van der Waals surface area contributed by atoms with E-state index in [2.05, 4.69) is 15.1 Å². The van der Waals surface area contributed by atoms with E-state index in [0.29, 0.717) is 11.6 Å². The smallest absolute Gasteiger partial charge is 0.188 e. The van der Waals surface area contributed by atoms with Crippen molar-refractivity contribution in [2.24, 2.45) is 10.9 Å². The van der Waals surface area contributed by atoms with Crippen molar-refractivity contribution in [2.45, 2.75) is 18.8 Å². The molecule has 2 aromatic rings. The molecule has 1 aliphatic rings. The molecule has 0 amide bonds. The lowest BCUT2D eigenvalue weighted by molar-refractivity contribution is 0.318. The molecule has 1 fully saturated rings. The second-order valence-corrected chi connectivity index (χ2v) is 4.62. The van der Waals surface area contributed by atoms with Crippen molar-refractivity contribution in [2.75, 3.05) is 0 Å². The number of nitrogens with zero attached hydrogens (tertiary/aromatic N) is 3. The Labute approximate surface area is 110 Å². The number of benzene rings is 1. The Kier molecular flexibility index (Phi) is 2.87. The van der Waals surface area contributed by atoms with E-state index in [0.717, 1.165) is 29.9 Å². The van der Waals surface area contributed by atoms with Gasteiger partial charge in [0.1, 0.15) is 11.5 Å². The maximum atomic E-state index is 8.80. The topological polar surface area (TPSA) is 84.4 Å². The van der Waals surface area contributed by atoms with E-state index >= 15 is 0 Å². The summed E-state index contributed by atoms with van der Waals surface area (Å²) in [7, 11) is 0. The van der Waals surface area contributed by atoms with E-state index in [1.54, 1.807) is 6.07 Å². The van der Waals surface area contributed by atoms with Gasteiger partial charge >= 0.3 is 0 Å². The van der Waals surface area contributed by atoms with Crippen LogP contribution in [0.1, 0.15) is 30.3 Å². The molecule has 1 aliphatic carbocycles. The van der Waals surface area contributed by atoms with Crippen molar-refractivity contribution in [3.8, 4) is 11.3 Å². The Morgan fingerprint density at radius 3 is 2.58 bits per heavy atom. The summed E-state index contributed by atoms with van der Waals surface area (Å²) in [5, 5.41) is 11.8. The third-order valence-corrected chi connectivity index (χ3v) is 3.13. The summed E-state index contributed by atoms with van der Waals surface area (Å²) in [4.78, 5) is 8.94. The summed E-state index contributed by atoms with van der Waals surface area (Å²) in [5.74, 6) is 1.21. The van der Waals surface area contributed by atoms with Crippen molar-refractivity contribution in [1.82, 2.24) is 9.97 Å². The predicted molar refractivity (Wildman–Crippen MR) is 72.0 cm³/mol. The van der Waals surface area contributed by atoms with Gasteiger partial charge in [-0.25, -0.2) is 9.97 Å². The fraction of sp³-hybridized carbons (Fsp3) is 0.214. The number of hydrogen-bond acceptors (Lipinski definition) is 4. The van der Waals surface area contributed by atoms with Gasteiger partial charge in [0.15, 0.2) is 5.84 Å². The molecular formula is C14H14N4O. The number of nitrogens with two attached hydrogens (primary N) is 1. The van der Waals surface area contributed by atoms with Crippen LogP contribution in [-0.2, 0) is 0 Å². The first kappa shape index (κ1) is 11.6. The number of hydrogen-bond donors (Lipinski definition) is 2. The largest absolute Gasteiger partial charge is 0.409 e. The Hall–Kier alpha value is -2.43. The van der Waals surface area contributed by atoms with Gasteiger partial charge in [-0.2, -0.15) is 0 Å². The van der Waals surface area contributed by atoms with Crippen LogP contribution in [-0.4, -0.2) is 21.0 Å². The molecule has 0 bridgehead atoms. The lowest BCUT2D eigenvalue weighted by Gasteiger charge is -2.07. The molecule has 19 heavy (non-hydrogen) atoms. The third-order valence-electron chi connectivity index (χ3n) is 3.13. The van der Waals surface area contributed by atoms with Crippen LogP contribution in [0.3, 0.4) is 0 Å². The molecule has 0 atom stereocenters. The lowest BCUT2D eigenvalue weighted by Crippen LogP contribution is -2.16. The zero-order valence-corrected chi connectivity index (χ0v) is 10.3. The van der Waals surface area contributed by atoms with E-state index in [1.807, 2.05) is 30.3 Å². The quantitative estimate of drug-likeness (QED) is 0.380. The highest BCUT2D eigenvalue weighted by atomic mass is 16.4. The van der Waals surface area contributed by atoms with Gasteiger partial charge in [0.05, 0.1) is 5.69 Å². The van der Waals surface area contributed by atoms with Crippen LogP contribution in [0.4, 0.5) is 0 Å². The summed E-state index contributed by atoms with van der Waals surface area (Å²) in [6.07, 6.45) is 2.21. The number of amidine groups is 1. The standard InChI is InChI=1S/C14H14N4O/c15-13(18-19)12-8-11(9-4-2-1-3-5-9)16-14(17-12)10-6-7-10/h1-5,8,10,19H,6-7H2,(H2,15,18). The maximum absolute atomic E-state index is 8.80. The molecule has 1 saturated carbocycles. The molecule has 96 valence electrons. The molecule has 0 saturated heterocycles. The third kappa shape index (κ3) is 2.40. The van der Waals surface area contributed by atoms with E-state index in [-0.39, 0.29) is 5.84 Å². The van der Waals surface area contributed by atoms with Crippen LogP contribution in [0.2, 0.25) is 0 Å². The first-order valence-corrected chi connectivity index (χ1v) is 6.20. The second-order valence-electron chi connectivity index (χ2n) is 4.62. The lowest BCUT2D eigenvalue weighted by atomic mass is 10.1. The van der Waals surface area contributed by atoms with Crippen LogP contribution < -0.4 is 5.73 Å². The van der Waals surface area contributed by atoms with E-state index in [9.17, 15) is 0 Å². The number of rotatable bonds is 3. The van der Waals surface area contributed by atoms with Crippen molar-refractivity contribution in [1.29, 1.82) is 0 Å². The Bertz CT molecular complexity index is 621. The fourth-order valence-electron chi connectivity index (χ4n) is 1.93. The van der Waals surface area contributed by atoms with Crippen LogP contribution >= 0.6 is 0 Å². The zero-order valence-electron chi connectivity index (χ0n) is 10.3. The minimum Gasteiger partial charge on any atom is -0.409 e. The predicted octanol–water partition coefficient (Wildman–Crippen LogP) is 2.12. The van der Waals surface area contributed by atoms with Gasteiger partial charge in [-0.3, -0.25) is 0 Å². The summed E-state index contributed by atoms with van der Waals surface area (Å²) in [5.41, 5.74) is 7.91. The minimum absolute atomic E-state index is 0.0153. The molecule has 5 nitrogen and oxygen atoms in total. The van der Waals surface area contributed by atoms with Gasteiger partial charge in [0, 0.05) is 11.5 Å². The normalized spacial score (nSPS) is 15.5. The molecule has 0 aliphatic heterocycles.